The van der Waals surface area contributed by atoms with Crippen molar-refractivity contribution in [3.05, 3.63) is 59.2 Å². The number of benzene rings is 2. The minimum absolute atomic E-state index is 0.0395. The van der Waals surface area contributed by atoms with Crippen molar-refractivity contribution < 1.29 is 32.6 Å². The molecule has 8 nitrogen and oxygen atoms in total. The Bertz CT molecular complexity index is 1120. The van der Waals surface area contributed by atoms with Crippen molar-refractivity contribution in [2.24, 2.45) is 0 Å². The van der Waals surface area contributed by atoms with E-state index in [-0.39, 0.29) is 30.7 Å². The van der Waals surface area contributed by atoms with E-state index in [1.54, 1.807) is 18.2 Å². The predicted molar refractivity (Wildman–Crippen MR) is 122 cm³/mol. The fraction of sp³-hybridized carbons (Fsp3) is 0.400. The quantitative estimate of drug-likeness (QED) is 0.494. The summed E-state index contributed by atoms with van der Waals surface area (Å²) in [6.07, 6.45) is 0.545. The molecule has 2 aromatic rings. The molecular weight excluding hydrogens is 460 g/mol. The van der Waals surface area contributed by atoms with Gasteiger partial charge < -0.3 is 25.4 Å². The first-order chi connectivity index (χ1) is 16.9. The van der Waals surface area contributed by atoms with Crippen molar-refractivity contribution >= 4 is 17.6 Å². The van der Waals surface area contributed by atoms with Crippen LogP contribution in [0.25, 0.3) is 0 Å². The standard InChI is InChI=1S/C25H27F2N3O5/c26-18-3-1-17(19(27)14-18)15-29-24(33)25(7-9-28-10-8-25)30-23(32)6-4-20(31)16-2-5-21-22(13-16)35-12-11-34-21/h1-3,5,13-14,28H,4,6-12,15H2,(H,29,33)(H,30,32). The zero-order chi connectivity index (χ0) is 24.8. The van der Waals surface area contributed by atoms with Gasteiger partial charge in [-0.05, 0) is 50.2 Å². The van der Waals surface area contributed by atoms with Crippen LogP contribution in [-0.4, -0.2) is 49.4 Å². The van der Waals surface area contributed by atoms with Gasteiger partial charge in [0.2, 0.25) is 11.8 Å². The first-order valence-electron chi connectivity index (χ1n) is 11.5. The van der Waals surface area contributed by atoms with E-state index in [0.29, 0.717) is 56.2 Å². The highest BCUT2D eigenvalue weighted by Gasteiger charge is 2.40. The highest BCUT2D eigenvalue weighted by atomic mass is 19.1. The van der Waals surface area contributed by atoms with Gasteiger partial charge >= 0.3 is 0 Å². The van der Waals surface area contributed by atoms with Crippen LogP contribution < -0.4 is 25.4 Å². The van der Waals surface area contributed by atoms with Crippen LogP contribution in [0.15, 0.2) is 36.4 Å². The van der Waals surface area contributed by atoms with Crippen LogP contribution in [0.1, 0.15) is 41.6 Å². The monoisotopic (exact) mass is 487 g/mol. The molecule has 0 radical (unpaired) electrons. The second-order valence-electron chi connectivity index (χ2n) is 8.58. The fourth-order valence-electron chi connectivity index (χ4n) is 4.19. The summed E-state index contributed by atoms with van der Waals surface area (Å²) in [5, 5.41) is 8.61. The number of halogens is 2. The zero-order valence-corrected chi connectivity index (χ0v) is 19.1. The summed E-state index contributed by atoms with van der Waals surface area (Å²) >= 11 is 0. The van der Waals surface area contributed by atoms with Gasteiger partial charge in [0.25, 0.3) is 0 Å². The molecule has 0 aromatic heterocycles. The van der Waals surface area contributed by atoms with E-state index in [9.17, 15) is 23.2 Å². The Morgan fingerprint density at radius 2 is 1.69 bits per heavy atom. The summed E-state index contributed by atoms with van der Waals surface area (Å²) in [7, 11) is 0. The topological polar surface area (TPSA) is 106 Å². The lowest BCUT2D eigenvalue weighted by Crippen LogP contribution is -2.62. The first-order valence-corrected chi connectivity index (χ1v) is 11.5. The highest BCUT2D eigenvalue weighted by Crippen LogP contribution is 2.31. The number of carbonyl (C=O) groups excluding carboxylic acids is 3. The van der Waals surface area contributed by atoms with Gasteiger partial charge in [0, 0.05) is 36.6 Å². The van der Waals surface area contributed by atoms with Gasteiger partial charge in [-0.3, -0.25) is 14.4 Å². The Morgan fingerprint density at radius 1 is 0.943 bits per heavy atom. The van der Waals surface area contributed by atoms with Gasteiger partial charge in [0.15, 0.2) is 17.3 Å². The van der Waals surface area contributed by atoms with Crippen LogP contribution in [0.3, 0.4) is 0 Å². The van der Waals surface area contributed by atoms with Crippen LogP contribution in [-0.2, 0) is 16.1 Å². The van der Waals surface area contributed by atoms with Crippen LogP contribution in [0, 0.1) is 11.6 Å². The molecule has 2 aliphatic heterocycles. The van der Waals surface area contributed by atoms with E-state index < -0.39 is 29.0 Å². The van der Waals surface area contributed by atoms with Crippen LogP contribution in [0.4, 0.5) is 8.78 Å². The average molecular weight is 488 g/mol. The summed E-state index contributed by atoms with van der Waals surface area (Å²) < 4.78 is 38.0. The second kappa shape index (κ2) is 10.8. The number of ether oxygens (including phenoxy) is 2. The summed E-state index contributed by atoms with van der Waals surface area (Å²) in [5.74, 6) is -1.50. The molecule has 1 fully saturated rings. The third-order valence-electron chi connectivity index (χ3n) is 6.17. The molecule has 2 amide bonds. The molecule has 186 valence electrons. The van der Waals surface area contributed by atoms with Crippen LogP contribution in [0.2, 0.25) is 0 Å². The molecule has 4 rings (SSSR count). The van der Waals surface area contributed by atoms with Crippen molar-refractivity contribution in [2.45, 2.75) is 37.8 Å². The highest BCUT2D eigenvalue weighted by molar-refractivity contribution is 5.99. The number of ketones is 1. The molecule has 0 spiro atoms. The SMILES string of the molecule is O=C(CCC(=O)c1ccc2c(c1)OCCO2)NC1(C(=O)NCc2ccc(F)cc2F)CCNCC1. The van der Waals surface area contributed by atoms with Crippen LogP contribution in [0.5, 0.6) is 11.5 Å². The maximum Gasteiger partial charge on any atom is 0.246 e. The maximum absolute atomic E-state index is 13.9. The van der Waals surface area contributed by atoms with Gasteiger partial charge in [-0.1, -0.05) is 6.07 Å². The van der Waals surface area contributed by atoms with E-state index in [2.05, 4.69) is 16.0 Å². The fourth-order valence-corrected chi connectivity index (χ4v) is 4.19. The van der Waals surface area contributed by atoms with Gasteiger partial charge in [0.05, 0.1) is 0 Å². The minimum atomic E-state index is -1.18. The van der Waals surface area contributed by atoms with Gasteiger partial charge in [-0.25, -0.2) is 8.78 Å². The van der Waals surface area contributed by atoms with Crippen LogP contribution >= 0.6 is 0 Å². The Balaban J connectivity index is 1.35. The molecule has 0 saturated carbocycles. The number of fused-ring (bicyclic) bond motifs is 1. The number of piperidine rings is 1. The number of hydrogen-bond donors (Lipinski definition) is 3. The Morgan fingerprint density at radius 3 is 2.43 bits per heavy atom. The molecule has 0 unspecified atom stereocenters. The van der Waals surface area contributed by atoms with E-state index in [1.165, 1.54) is 6.07 Å². The Kier molecular flexibility index (Phi) is 7.60. The lowest BCUT2D eigenvalue weighted by molar-refractivity contribution is -0.135. The number of rotatable bonds is 8. The average Bonchev–Trinajstić information content (AvgIpc) is 2.86. The van der Waals surface area contributed by atoms with Gasteiger partial charge in [-0.2, -0.15) is 0 Å². The molecule has 10 heteroatoms. The molecule has 2 heterocycles. The summed E-state index contributed by atoms with van der Waals surface area (Å²) in [5.41, 5.74) is -0.628. The molecule has 3 N–H and O–H groups in total. The van der Waals surface area contributed by atoms with Crippen molar-refractivity contribution in [3.8, 4) is 11.5 Å². The third kappa shape index (κ3) is 5.94. The maximum atomic E-state index is 13.9. The first kappa shape index (κ1) is 24.6. The van der Waals surface area contributed by atoms with Gasteiger partial charge in [0.1, 0.15) is 30.4 Å². The number of amides is 2. The largest absolute Gasteiger partial charge is 0.486 e. The van der Waals surface area contributed by atoms with Gasteiger partial charge in [-0.15, -0.1) is 0 Å². The smallest absolute Gasteiger partial charge is 0.246 e. The molecule has 35 heavy (non-hydrogen) atoms. The minimum Gasteiger partial charge on any atom is -0.486 e. The van der Waals surface area contributed by atoms with E-state index in [0.717, 1.165) is 12.1 Å². The van der Waals surface area contributed by atoms with E-state index in [4.69, 9.17) is 9.47 Å². The summed E-state index contributed by atoms with van der Waals surface area (Å²) in [4.78, 5) is 38.4. The van der Waals surface area contributed by atoms with Crippen molar-refractivity contribution in [1.29, 1.82) is 0 Å². The lowest BCUT2D eigenvalue weighted by Gasteiger charge is -2.37. The molecule has 2 aliphatic rings. The number of carbonyl (C=O) groups is 3. The number of hydrogen-bond acceptors (Lipinski definition) is 6. The van der Waals surface area contributed by atoms with Crippen molar-refractivity contribution in [1.82, 2.24) is 16.0 Å². The third-order valence-corrected chi connectivity index (χ3v) is 6.17. The normalized spacial score (nSPS) is 16.3. The van der Waals surface area contributed by atoms with E-state index >= 15 is 0 Å². The summed E-state index contributed by atoms with van der Waals surface area (Å²) in [6.45, 7) is 1.73. The van der Waals surface area contributed by atoms with E-state index in [1.807, 2.05) is 0 Å². The second-order valence-corrected chi connectivity index (χ2v) is 8.58. The number of nitrogens with one attached hydrogen (secondary N) is 3. The lowest BCUT2D eigenvalue weighted by atomic mass is 9.86. The van der Waals surface area contributed by atoms with Crippen molar-refractivity contribution in [3.63, 3.8) is 0 Å². The predicted octanol–water partition coefficient (Wildman–Crippen LogP) is 2.25. The zero-order valence-electron chi connectivity index (χ0n) is 19.1. The molecule has 1 saturated heterocycles. The summed E-state index contributed by atoms with van der Waals surface area (Å²) in [6, 6.07) is 8.03. The van der Waals surface area contributed by atoms with Crippen molar-refractivity contribution in [2.75, 3.05) is 26.3 Å². The molecule has 0 bridgehead atoms. The number of Topliss-reactive ketones (excluding diaryl/α,β-unsaturated/α-hetero) is 1. The Hall–Kier alpha value is -3.53. The molecule has 0 aliphatic carbocycles. The Labute approximate surface area is 201 Å². The molecular formula is C25H27F2N3O5. The molecule has 2 aromatic carbocycles. The molecule has 0 atom stereocenters.